The van der Waals surface area contributed by atoms with Crippen molar-refractivity contribution in [1.29, 1.82) is 0 Å². The molecule has 0 aliphatic rings. The smallest absolute Gasteiger partial charge is 0.149 e. The Kier molecular flexibility index (Phi) is 4.21. The molecule has 0 heterocycles. The van der Waals surface area contributed by atoms with Gasteiger partial charge in [0.15, 0.2) is 0 Å². The van der Waals surface area contributed by atoms with Crippen molar-refractivity contribution in [2.45, 2.75) is 12.6 Å². The topological polar surface area (TPSA) is 81.1 Å². The van der Waals surface area contributed by atoms with E-state index in [2.05, 4.69) is 5.32 Å². The molecule has 0 fully saturated rings. The minimum absolute atomic E-state index is 0.0486. The highest BCUT2D eigenvalue weighted by molar-refractivity contribution is 5.80. The van der Waals surface area contributed by atoms with Gasteiger partial charge >= 0.3 is 0 Å². The predicted molar refractivity (Wildman–Crippen MR) is 35.7 cm³/mol. The lowest BCUT2D eigenvalue weighted by Gasteiger charge is -2.01. The van der Waals surface area contributed by atoms with Crippen LogP contribution in [0.5, 0.6) is 0 Å². The summed E-state index contributed by atoms with van der Waals surface area (Å²) in [5.74, 6) is 0.0486. The molecule has 54 valence electrons. The molecule has 0 rings (SSSR count). The van der Waals surface area contributed by atoms with E-state index < -0.39 is 6.17 Å². The second-order valence-corrected chi connectivity index (χ2v) is 1.94. The number of Topliss-reactive ketones (excluding diaryl/α,β-unsaturated/α-hetero) is 1. The largest absolute Gasteiger partial charge is 0.316 e. The molecule has 4 heteroatoms. The van der Waals surface area contributed by atoms with Gasteiger partial charge in [0.1, 0.15) is 5.78 Å². The molecule has 0 amide bonds. The Labute approximate surface area is 54.6 Å². The number of carbonyl (C=O) groups is 1. The molecule has 0 radical (unpaired) electrons. The van der Waals surface area contributed by atoms with Gasteiger partial charge in [-0.3, -0.25) is 4.79 Å². The Morgan fingerprint density at radius 3 is 2.56 bits per heavy atom. The number of ketones is 1. The summed E-state index contributed by atoms with van der Waals surface area (Å²) >= 11 is 0. The molecular weight excluding hydrogens is 118 g/mol. The van der Waals surface area contributed by atoms with Crippen LogP contribution < -0.4 is 16.8 Å². The van der Waals surface area contributed by atoms with E-state index in [-0.39, 0.29) is 12.2 Å². The van der Waals surface area contributed by atoms with Crippen LogP contribution in [-0.4, -0.2) is 25.5 Å². The van der Waals surface area contributed by atoms with Crippen LogP contribution >= 0.6 is 0 Å². The van der Waals surface area contributed by atoms with Crippen LogP contribution in [-0.2, 0) is 4.79 Å². The average Bonchev–Trinajstić information content (AvgIpc) is 1.63. The third-order valence-electron chi connectivity index (χ3n) is 0.837. The van der Waals surface area contributed by atoms with Gasteiger partial charge in [0, 0.05) is 6.42 Å². The zero-order chi connectivity index (χ0) is 7.28. The van der Waals surface area contributed by atoms with Crippen LogP contribution in [0.25, 0.3) is 0 Å². The standard InChI is InChI=1S/C5H13N3O/c1-8-3-4(9)2-5(6)7/h5,8H,2-3,6-7H2,1H3. The highest BCUT2D eigenvalue weighted by atomic mass is 16.1. The van der Waals surface area contributed by atoms with Crippen molar-refractivity contribution < 1.29 is 4.79 Å². The van der Waals surface area contributed by atoms with Crippen LogP contribution in [0.4, 0.5) is 0 Å². The molecule has 0 aromatic rings. The summed E-state index contributed by atoms with van der Waals surface area (Å²) in [5, 5.41) is 2.71. The minimum atomic E-state index is -0.508. The van der Waals surface area contributed by atoms with Gasteiger partial charge in [0.25, 0.3) is 0 Å². The normalized spacial score (nSPS) is 10.2. The number of rotatable bonds is 4. The summed E-state index contributed by atoms with van der Waals surface area (Å²) in [7, 11) is 1.71. The second kappa shape index (κ2) is 4.43. The summed E-state index contributed by atoms with van der Waals surface area (Å²) in [6, 6.07) is 0. The molecule has 9 heavy (non-hydrogen) atoms. The number of nitrogens with two attached hydrogens (primary N) is 2. The van der Waals surface area contributed by atoms with Crippen molar-refractivity contribution in [3.8, 4) is 0 Å². The van der Waals surface area contributed by atoms with Crippen LogP contribution in [0.2, 0.25) is 0 Å². The first-order valence-electron chi connectivity index (χ1n) is 2.84. The van der Waals surface area contributed by atoms with Crippen molar-refractivity contribution in [3.05, 3.63) is 0 Å². The van der Waals surface area contributed by atoms with Crippen LogP contribution in [0, 0.1) is 0 Å². The number of hydrogen-bond acceptors (Lipinski definition) is 4. The van der Waals surface area contributed by atoms with Gasteiger partial charge < -0.3 is 16.8 Å². The second-order valence-electron chi connectivity index (χ2n) is 1.94. The van der Waals surface area contributed by atoms with Gasteiger partial charge in [-0.1, -0.05) is 0 Å². The van der Waals surface area contributed by atoms with E-state index in [0.717, 1.165) is 0 Å². The lowest BCUT2D eigenvalue weighted by Crippen LogP contribution is -2.35. The molecular formula is C5H13N3O. The monoisotopic (exact) mass is 131 g/mol. The number of nitrogens with one attached hydrogen (secondary N) is 1. The van der Waals surface area contributed by atoms with Crippen molar-refractivity contribution in [1.82, 2.24) is 5.32 Å². The van der Waals surface area contributed by atoms with Gasteiger partial charge in [-0.15, -0.1) is 0 Å². The average molecular weight is 131 g/mol. The highest BCUT2D eigenvalue weighted by Crippen LogP contribution is 1.80. The molecule has 0 aromatic carbocycles. The summed E-state index contributed by atoms with van der Waals surface area (Å²) in [6.45, 7) is 0.352. The first-order chi connectivity index (χ1) is 4.16. The van der Waals surface area contributed by atoms with E-state index in [9.17, 15) is 4.79 Å². The van der Waals surface area contributed by atoms with Crippen molar-refractivity contribution >= 4 is 5.78 Å². The molecule has 0 saturated heterocycles. The van der Waals surface area contributed by atoms with Crippen LogP contribution in [0.15, 0.2) is 0 Å². The lowest BCUT2D eigenvalue weighted by atomic mass is 10.2. The fourth-order valence-corrected chi connectivity index (χ4v) is 0.532. The third-order valence-corrected chi connectivity index (χ3v) is 0.837. The van der Waals surface area contributed by atoms with Crippen molar-refractivity contribution in [2.24, 2.45) is 11.5 Å². The summed E-state index contributed by atoms with van der Waals surface area (Å²) < 4.78 is 0. The molecule has 0 bridgehead atoms. The molecule has 0 spiro atoms. The minimum Gasteiger partial charge on any atom is -0.316 e. The maximum Gasteiger partial charge on any atom is 0.149 e. The Morgan fingerprint density at radius 1 is 1.67 bits per heavy atom. The Hall–Kier alpha value is -0.450. The molecule has 0 saturated carbocycles. The van der Waals surface area contributed by atoms with E-state index in [1.807, 2.05) is 0 Å². The lowest BCUT2D eigenvalue weighted by molar-refractivity contribution is -0.118. The first-order valence-corrected chi connectivity index (χ1v) is 2.84. The van der Waals surface area contributed by atoms with E-state index in [1.165, 1.54) is 0 Å². The fraction of sp³-hybridized carbons (Fsp3) is 0.800. The molecule has 5 N–H and O–H groups in total. The predicted octanol–water partition coefficient (Wildman–Crippen LogP) is -1.59. The molecule has 0 aliphatic heterocycles. The van der Waals surface area contributed by atoms with Crippen LogP contribution in [0.1, 0.15) is 6.42 Å². The Morgan fingerprint density at radius 2 is 2.22 bits per heavy atom. The van der Waals surface area contributed by atoms with Crippen molar-refractivity contribution in [3.63, 3.8) is 0 Å². The van der Waals surface area contributed by atoms with Gasteiger partial charge in [0.05, 0.1) is 12.7 Å². The fourth-order valence-electron chi connectivity index (χ4n) is 0.532. The van der Waals surface area contributed by atoms with Gasteiger partial charge in [-0.25, -0.2) is 0 Å². The molecule has 0 aliphatic carbocycles. The number of hydrogen-bond donors (Lipinski definition) is 3. The molecule has 0 atom stereocenters. The van der Waals surface area contributed by atoms with Gasteiger partial charge in [-0.05, 0) is 7.05 Å². The van der Waals surface area contributed by atoms with Gasteiger partial charge in [-0.2, -0.15) is 0 Å². The maximum atomic E-state index is 10.6. The Balaban J connectivity index is 3.27. The summed E-state index contributed by atoms with van der Waals surface area (Å²) in [6.07, 6.45) is -0.258. The number of carbonyl (C=O) groups excluding carboxylic acids is 1. The number of likely N-dealkylation sites (N-methyl/N-ethyl adjacent to an activating group) is 1. The van der Waals surface area contributed by atoms with E-state index in [0.29, 0.717) is 6.54 Å². The zero-order valence-corrected chi connectivity index (χ0v) is 5.55. The van der Waals surface area contributed by atoms with E-state index in [1.54, 1.807) is 7.05 Å². The summed E-state index contributed by atoms with van der Waals surface area (Å²) in [4.78, 5) is 10.6. The first kappa shape index (κ1) is 8.55. The quantitative estimate of drug-likeness (QED) is 0.402. The maximum absolute atomic E-state index is 10.6. The van der Waals surface area contributed by atoms with Gasteiger partial charge in [0.2, 0.25) is 0 Å². The SMILES string of the molecule is CNCC(=O)CC(N)N. The molecule has 4 nitrogen and oxygen atoms in total. The van der Waals surface area contributed by atoms with E-state index in [4.69, 9.17) is 11.5 Å². The Bertz CT molecular complexity index is 92.2. The summed E-state index contributed by atoms with van der Waals surface area (Å²) in [5.41, 5.74) is 10.3. The third kappa shape index (κ3) is 5.42. The zero-order valence-electron chi connectivity index (χ0n) is 5.55. The van der Waals surface area contributed by atoms with E-state index >= 15 is 0 Å². The van der Waals surface area contributed by atoms with Crippen molar-refractivity contribution in [2.75, 3.05) is 13.6 Å². The molecule has 0 aromatic heterocycles. The van der Waals surface area contributed by atoms with Crippen LogP contribution in [0.3, 0.4) is 0 Å². The highest BCUT2D eigenvalue weighted by Gasteiger charge is 2.02. The molecule has 0 unspecified atom stereocenters.